The molecule has 0 radical (unpaired) electrons. The first-order chi connectivity index (χ1) is 16.5. The summed E-state index contributed by atoms with van der Waals surface area (Å²) in [4.78, 5) is 29.6. The maximum atomic E-state index is 13.7. The largest absolute Gasteiger partial charge is 0.341 e. The number of nitriles is 1. The molecule has 0 N–H and O–H groups in total. The van der Waals surface area contributed by atoms with Crippen molar-refractivity contribution in [3.05, 3.63) is 65.9 Å². The van der Waals surface area contributed by atoms with Gasteiger partial charge >= 0.3 is 6.03 Å². The van der Waals surface area contributed by atoms with Crippen LogP contribution in [0.4, 0.5) is 19.5 Å². The maximum absolute atomic E-state index is 13.7. The molecule has 1 aromatic carbocycles. The van der Waals surface area contributed by atoms with E-state index >= 15 is 0 Å². The lowest BCUT2D eigenvalue weighted by atomic mass is 10.0. The molecule has 1 atom stereocenters. The van der Waals surface area contributed by atoms with E-state index < -0.39 is 17.7 Å². The number of nitrogens with zero attached hydrogens (tertiary/aromatic N) is 9. The molecule has 10 nitrogen and oxygen atoms in total. The van der Waals surface area contributed by atoms with Gasteiger partial charge in [0.2, 0.25) is 5.95 Å². The van der Waals surface area contributed by atoms with E-state index in [2.05, 4.69) is 20.1 Å². The van der Waals surface area contributed by atoms with Gasteiger partial charge in [0.15, 0.2) is 5.69 Å². The molecule has 2 aromatic heterocycles. The zero-order chi connectivity index (χ0) is 23.7. The highest BCUT2D eigenvalue weighted by molar-refractivity contribution is 5.78. The zero-order valence-corrected chi connectivity index (χ0v) is 17.9. The van der Waals surface area contributed by atoms with E-state index in [0.29, 0.717) is 49.9 Å². The van der Waals surface area contributed by atoms with Gasteiger partial charge < -0.3 is 9.80 Å². The summed E-state index contributed by atoms with van der Waals surface area (Å²) >= 11 is 0. The van der Waals surface area contributed by atoms with Crippen molar-refractivity contribution >= 4 is 18.2 Å². The number of urea groups is 1. The van der Waals surface area contributed by atoms with Crippen molar-refractivity contribution in [1.29, 1.82) is 5.26 Å². The Balaban J connectivity index is 1.25. The molecule has 0 bridgehead atoms. The van der Waals surface area contributed by atoms with Crippen molar-refractivity contribution in [2.24, 2.45) is 5.10 Å². The highest BCUT2D eigenvalue weighted by Crippen LogP contribution is 2.30. The lowest BCUT2D eigenvalue weighted by Gasteiger charge is -2.37. The van der Waals surface area contributed by atoms with E-state index in [0.717, 1.165) is 6.07 Å². The normalized spacial score (nSPS) is 17.8. The minimum Gasteiger partial charge on any atom is -0.337 e. The number of carbonyl (C=O) groups is 1. The summed E-state index contributed by atoms with van der Waals surface area (Å²) < 4.78 is 29.0. The molecule has 0 unspecified atom stereocenters. The molecular formula is C22H19F2N9O. The van der Waals surface area contributed by atoms with Crippen LogP contribution in [0.3, 0.4) is 0 Å². The molecule has 172 valence electrons. The van der Waals surface area contributed by atoms with Gasteiger partial charge in [0.05, 0.1) is 6.04 Å². The third kappa shape index (κ3) is 4.15. The number of anilines is 1. The van der Waals surface area contributed by atoms with Crippen molar-refractivity contribution in [3.63, 3.8) is 0 Å². The molecule has 5 rings (SSSR count). The Morgan fingerprint density at radius 3 is 2.56 bits per heavy atom. The second kappa shape index (κ2) is 8.86. The summed E-state index contributed by atoms with van der Waals surface area (Å²) in [6.07, 6.45) is 6.69. The summed E-state index contributed by atoms with van der Waals surface area (Å²) in [5, 5.41) is 14.4. The molecule has 2 aliphatic rings. The third-order valence-corrected chi connectivity index (χ3v) is 5.72. The fourth-order valence-corrected chi connectivity index (χ4v) is 4.03. The molecule has 0 aliphatic carbocycles. The molecule has 34 heavy (non-hydrogen) atoms. The summed E-state index contributed by atoms with van der Waals surface area (Å²) in [6.45, 7) is 1.82. The number of carbonyl (C=O) groups excluding carboxylic acids is 1. The van der Waals surface area contributed by atoms with Crippen molar-refractivity contribution in [2.45, 2.75) is 12.5 Å². The number of amides is 2. The fourth-order valence-electron chi connectivity index (χ4n) is 4.03. The second-order valence-corrected chi connectivity index (χ2v) is 7.85. The number of benzene rings is 1. The third-order valence-electron chi connectivity index (χ3n) is 5.72. The molecular weight excluding hydrogens is 444 g/mol. The van der Waals surface area contributed by atoms with E-state index in [9.17, 15) is 13.6 Å². The van der Waals surface area contributed by atoms with E-state index in [4.69, 9.17) is 5.26 Å². The average Bonchev–Trinajstić information content (AvgIpc) is 3.53. The van der Waals surface area contributed by atoms with Crippen molar-refractivity contribution in [2.75, 3.05) is 31.1 Å². The van der Waals surface area contributed by atoms with Crippen LogP contribution in [-0.2, 0) is 0 Å². The summed E-state index contributed by atoms with van der Waals surface area (Å²) in [5.74, 6) is -0.299. The van der Waals surface area contributed by atoms with Crippen molar-refractivity contribution < 1.29 is 13.6 Å². The number of aromatic nitrogens is 4. The molecule has 0 spiro atoms. The van der Waals surface area contributed by atoms with E-state index in [-0.39, 0.29) is 11.7 Å². The zero-order valence-electron chi connectivity index (χ0n) is 17.9. The number of halogens is 2. The Kier molecular flexibility index (Phi) is 5.59. The van der Waals surface area contributed by atoms with Gasteiger partial charge in [0.25, 0.3) is 0 Å². The van der Waals surface area contributed by atoms with E-state index in [1.807, 2.05) is 11.0 Å². The first-order valence-corrected chi connectivity index (χ1v) is 10.6. The fraction of sp³-hybridized carbons (Fsp3) is 0.273. The second-order valence-electron chi connectivity index (χ2n) is 7.85. The van der Waals surface area contributed by atoms with Gasteiger partial charge in [0.1, 0.15) is 29.8 Å². The smallest absolute Gasteiger partial charge is 0.337 e. The van der Waals surface area contributed by atoms with Crippen LogP contribution >= 0.6 is 0 Å². The molecule has 1 saturated heterocycles. The van der Waals surface area contributed by atoms with E-state index in [1.54, 1.807) is 34.1 Å². The average molecular weight is 463 g/mol. The van der Waals surface area contributed by atoms with Crippen LogP contribution in [0.25, 0.3) is 5.82 Å². The number of imidazole rings is 1. The van der Waals surface area contributed by atoms with Crippen LogP contribution in [0, 0.1) is 23.0 Å². The van der Waals surface area contributed by atoms with Gasteiger partial charge in [-0.25, -0.2) is 28.6 Å². The van der Waals surface area contributed by atoms with Gasteiger partial charge in [-0.3, -0.25) is 4.57 Å². The summed E-state index contributed by atoms with van der Waals surface area (Å²) in [5.41, 5.74) is 0.655. The SMILES string of the molecule is N#Cc1cn(-c2ccnc(N3CCN(C(=O)N4N=CC[C@H]4c4cc(F)cc(F)c4)CC3)n2)cn1. The molecule has 3 aromatic rings. The Morgan fingerprint density at radius 2 is 1.85 bits per heavy atom. The molecule has 2 amide bonds. The quantitative estimate of drug-likeness (QED) is 0.591. The first kappa shape index (κ1) is 21.4. The number of hydrazone groups is 1. The molecule has 0 saturated carbocycles. The lowest BCUT2D eigenvalue weighted by molar-refractivity contribution is 0.139. The highest BCUT2D eigenvalue weighted by atomic mass is 19.1. The molecule has 12 heteroatoms. The molecule has 1 fully saturated rings. The predicted octanol–water partition coefficient (Wildman–Crippen LogP) is 2.49. The Bertz CT molecular complexity index is 1270. The minimum atomic E-state index is -0.690. The van der Waals surface area contributed by atoms with Gasteiger partial charge in [-0.1, -0.05) is 0 Å². The number of hydrogen-bond acceptors (Lipinski definition) is 7. The Morgan fingerprint density at radius 1 is 1.09 bits per heavy atom. The minimum absolute atomic E-state index is 0.288. The number of hydrogen-bond donors (Lipinski definition) is 0. The maximum Gasteiger partial charge on any atom is 0.341 e. The van der Waals surface area contributed by atoms with Crippen molar-refractivity contribution in [3.8, 4) is 11.9 Å². The number of rotatable bonds is 3. The van der Waals surface area contributed by atoms with Crippen LogP contribution < -0.4 is 4.90 Å². The molecule has 2 aliphatic heterocycles. The van der Waals surface area contributed by atoms with Crippen LogP contribution in [-0.4, -0.2) is 67.9 Å². The van der Waals surface area contributed by atoms with Gasteiger partial charge in [0, 0.05) is 57.3 Å². The van der Waals surface area contributed by atoms with Gasteiger partial charge in [-0.2, -0.15) is 15.3 Å². The van der Waals surface area contributed by atoms with Crippen LogP contribution in [0.1, 0.15) is 23.7 Å². The van der Waals surface area contributed by atoms with Crippen molar-refractivity contribution in [1.82, 2.24) is 29.4 Å². The van der Waals surface area contributed by atoms with E-state index in [1.165, 1.54) is 23.5 Å². The van der Waals surface area contributed by atoms with Gasteiger partial charge in [-0.15, -0.1) is 0 Å². The topological polar surface area (TPSA) is 107 Å². The summed E-state index contributed by atoms with van der Waals surface area (Å²) in [6, 6.07) is 6.08. The standard InChI is InChI=1S/C22H19F2N9O/c23-16-9-15(10-17(24)11-16)19-1-4-28-33(19)22(34)31-7-5-30(6-8-31)21-26-3-2-20(29-21)32-13-18(12-25)27-14-32/h2-4,9-11,13-14,19H,1,5-8H2/t19-/m0/s1. The highest BCUT2D eigenvalue weighted by Gasteiger charge is 2.33. The van der Waals surface area contributed by atoms with Gasteiger partial charge in [-0.05, 0) is 23.8 Å². The predicted molar refractivity (Wildman–Crippen MR) is 117 cm³/mol. The Labute approximate surface area is 193 Å². The van der Waals surface area contributed by atoms with Crippen LogP contribution in [0.5, 0.6) is 0 Å². The number of piperazine rings is 1. The molecule has 4 heterocycles. The monoisotopic (exact) mass is 463 g/mol. The first-order valence-electron chi connectivity index (χ1n) is 10.6. The Hall–Kier alpha value is -4.40. The lowest BCUT2D eigenvalue weighted by Crippen LogP contribution is -2.52. The van der Waals surface area contributed by atoms with Crippen LogP contribution in [0.15, 0.2) is 48.1 Å². The summed E-state index contributed by atoms with van der Waals surface area (Å²) in [7, 11) is 0. The van der Waals surface area contributed by atoms with Crippen LogP contribution in [0.2, 0.25) is 0 Å².